The van der Waals surface area contributed by atoms with Crippen molar-refractivity contribution in [3.05, 3.63) is 58.6 Å². The van der Waals surface area contributed by atoms with Crippen LogP contribution >= 0.6 is 15.9 Å². The summed E-state index contributed by atoms with van der Waals surface area (Å²) in [5, 5.41) is 3.41. The lowest BCUT2D eigenvalue weighted by Crippen LogP contribution is -2.12. The van der Waals surface area contributed by atoms with Crippen LogP contribution in [0.25, 0.3) is 0 Å². The fourth-order valence-electron chi connectivity index (χ4n) is 1.91. The predicted molar refractivity (Wildman–Crippen MR) is 83.9 cm³/mol. The number of anilines is 1. The van der Waals surface area contributed by atoms with Gasteiger partial charge in [0.05, 0.1) is 0 Å². The highest BCUT2D eigenvalue weighted by Gasteiger charge is 1.99. The highest BCUT2D eigenvalue weighted by atomic mass is 79.9. The molecule has 0 bridgehead atoms. The summed E-state index contributed by atoms with van der Waals surface area (Å²) in [6, 6.07) is 16.3. The number of rotatable bonds is 6. The molecule has 0 fully saturated rings. The second-order valence-electron chi connectivity index (χ2n) is 4.24. The number of benzene rings is 2. The average Bonchev–Trinajstić information content (AvgIpc) is 2.44. The van der Waals surface area contributed by atoms with Crippen LogP contribution in [0.4, 0.5) is 5.69 Å². The van der Waals surface area contributed by atoms with Gasteiger partial charge in [-0.2, -0.15) is 0 Å². The molecule has 0 aliphatic rings. The minimum atomic E-state index is 0.647. The summed E-state index contributed by atoms with van der Waals surface area (Å²) >= 11 is 3.43. The Balaban J connectivity index is 1.81. The molecule has 0 unspecified atom stereocenters. The highest BCUT2D eigenvalue weighted by Crippen LogP contribution is 2.18. The zero-order valence-electron chi connectivity index (χ0n) is 11.0. The monoisotopic (exact) mass is 319 g/mol. The van der Waals surface area contributed by atoms with Gasteiger partial charge >= 0.3 is 0 Å². The van der Waals surface area contributed by atoms with Gasteiger partial charge in [0.15, 0.2) is 0 Å². The molecule has 0 heterocycles. The van der Waals surface area contributed by atoms with E-state index in [1.165, 1.54) is 11.3 Å². The normalized spacial score (nSPS) is 10.2. The highest BCUT2D eigenvalue weighted by molar-refractivity contribution is 9.10. The summed E-state index contributed by atoms with van der Waals surface area (Å²) in [6.07, 6.45) is 1.04. The van der Waals surface area contributed by atoms with E-state index in [4.69, 9.17) is 4.74 Å². The van der Waals surface area contributed by atoms with E-state index in [1.54, 1.807) is 0 Å². The number of aryl methyl sites for hydroxylation is 1. The van der Waals surface area contributed by atoms with E-state index in [0.717, 1.165) is 23.2 Å². The second kappa shape index (κ2) is 7.19. The summed E-state index contributed by atoms with van der Waals surface area (Å²) in [5.41, 5.74) is 2.53. The summed E-state index contributed by atoms with van der Waals surface area (Å²) < 4.78 is 6.73. The number of hydrogen-bond donors (Lipinski definition) is 1. The minimum absolute atomic E-state index is 0.647. The maximum Gasteiger partial charge on any atom is 0.120 e. The summed E-state index contributed by atoms with van der Waals surface area (Å²) in [5.74, 6) is 0.889. The first-order valence-corrected chi connectivity index (χ1v) is 7.29. The van der Waals surface area contributed by atoms with E-state index in [1.807, 2.05) is 24.3 Å². The Labute approximate surface area is 122 Å². The third kappa shape index (κ3) is 4.28. The number of hydrogen-bond acceptors (Lipinski definition) is 2. The molecule has 0 radical (unpaired) electrons. The zero-order chi connectivity index (χ0) is 13.5. The van der Waals surface area contributed by atoms with Crippen LogP contribution in [0.5, 0.6) is 5.75 Å². The Morgan fingerprint density at radius 3 is 2.74 bits per heavy atom. The van der Waals surface area contributed by atoms with Crippen molar-refractivity contribution in [2.45, 2.75) is 13.3 Å². The molecule has 0 saturated heterocycles. The largest absolute Gasteiger partial charge is 0.492 e. The van der Waals surface area contributed by atoms with E-state index >= 15 is 0 Å². The number of para-hydroxylation sites is 1. The molecule has 2 nitrogen and oxygen atoms in total. The molecular weight excluding hydrogens is 302 g/mol. The van der Waals surface area contributed by atoms with Gasteiger partial charge in [0.25, 0.3) is 0 Å². The predicted octanol–water partition coefficient (Wildman–Crippen LogP) is 4.50. The van der Waals surface area contributed by atoms with E-state index < -0.39 is 0 Å². The van der Waals surface area contributed by atoms with Crippen molar-refractivity contribution in [3.8, 4) is 5.75 Å². The van der Waals surface area contributed by atoms with Gasteiger partial charge in [0.1, 0.15) is 12.4 Å². The van der Waals surface area contributed by atoms with Crippen LogP contribution < -0.4 is 10.1 Å². The van der Waals surface area contributed by atoms with Gasteiger partial charge in [-0.15, -0.1) is 0 Å². The van der Waals surface area contributed by atoms with Gasteiger partial charge in [-0.3, -0.25) is 0 Å². The Morgan fingerprint density at radius 2 is 1.95 bits per heavy atom. The second-order valence-corrected chi connectivity index (χ2v) is 5.16. The lowest BCUT2D eigenvalue weighted by molar-refractivity contribution is 0.332. The van der Waals surface area contributed by atoms with Crippen LogP contribution in [-0.2, 0) is 6.42 Å². The molecule has 2 rings (SSSR count). The molecule has 0 amide bonds. The van der Waals surface area contributed by atoms with Crippen molar-refractivity contribution >= 4 is 21.6 Å². The molecule has 0 aromatic heterocycles. The Kier molecular flexibility index (Phi) is 5.28. The first-order chi connectivity index (χ1) is 9.29. The van der Waals surface area contributed by atoms with Crippen molar-refractivity contribution in [2.75, 3.05) is 18.5 Å². The SMILES string of the molecule is CCc1ccccc1NCCOc1cccc(Br)c1. The van der Waals surface area contributed by atoms with Crippen molar-refractivity contribution < 1.29 is 4.74 Å². The summed E-state index contributed by atoms with van der Waals surface area (Å²) in [4.78, 5) is 0. The quantitative estimate of drug-likeness (QED) is 0.791. The topological polar surface area (TPSA) is 21.3 Å². The van der Waals surface area contributed by atoms with Crippen molar-refractivity contribution in [1.29, 1.82) is 0 Å². The maximum absolute atomic E-state index is 5.69. The Bertz CT molecular complexity index is 528. The van der Waals surface area contributed by atoms with E-state index in [-0.39, 0.29) is 0 Å². The lowest BCUT2D eigenvalue weighted by Gasteiger charge is -2.11. The van der Waals surface area contributed by atoms with Gasteiger partial charge in [-0.05, 0) is 36.2 Å². The van der Waals surface area contributed by atoms with Crippen molar-refractivity contribution in [2.24, 2.45) is 0 Å². The number of ether oxygens (including phenoxy) is 1. The fraction of sp³-hybridized carbons (Fsp3) is 0.250. The number of nitrogens with one attached hydrogen (secondary N) is 1. The van der Waals surface area contributed by atoms with Gasteiger partial charge in [-0.25, -0.2) is 0 Å². The summed E-state index contributed by atoms with van der Waals surface area (Å²) in [6.45, 7) is 3.61. The van der Waals surface area contributed by atoms with E-state index in [9.17, 15) is 0 Å². The molecule has 0 atom stereocenters. The van der Waals surface area contributed by atoms with Crippen molar-refractivity contribution in [1.82, 2.24) is 0 Å². The van der Waals surface area contributed by atoms with Crippen molar-refractivity contribution in [3.63, 3.8) is 0 Å². The molecule has 2 aromatic rings. The van der Waals surface area contributed by atoms with Gasteiger partial charge in [-0.1, -0.05) is 47.1 Å². The molecule has 2 aromatic carbocycles. The zero-order valence-corrected chi connectivity index (χ0v) is 12.6. The standard InChI is InChI=1S/C16H18BrNO/c1-2-13-6-3-4-9-16(13)18-10-11-19-15-8-5-7-14(17)12-15/h3-9,12,18H,2,10-11H2,1H3. The Morgan fingerprint density at radius 1 is 1.11 bits per heavy atom. The first kappa shape index (κ1) is 13.9. The first-order valence-electron chi connectivity index (χ1n) is 6.49. The molecular formula is C16H18BrNO. The molecule has 100 valence electrons. The van der Waals surface area contributed by atoms with Crippen LogP contribution in [-0.4, -0.2) is 13.2 Å². The van der Waals surface area contributed by atoms with Crippen LogP contribution in [0, 0.1) is 0 Å². The van der Waals surface area contributed by atoms with Gasteiger partial charge in [0.2, 0.25) is 0 Å². The molecule has 0 spiro atoms. The average molecular weight is 320 g/mol. The van der Waals surface area contributed by atoms with Crippen LogP contribution in [0.1, 0.15) is 12.5 Å². The van der Waals surface area contributed by atoms with Gasteiger partial charge in [0, 0.05) is 16.7 Å². The molecule has 0 aliphatic heterocycles. The third-order valence-electron chi connectivity index (χ3n) is 2.88. The molecule has 3 heteroatoms. The van der Waals surface area contributed by atoms with Crippen LogP contribution in [0.15, 0.2) is 53.0 Å². The lowest BCUT2D eigenvalue weighted by atomic mass is 10.1. The summed E-state index contributed by atoms with van der Waals surface area (Å²) in [7, 11) is 0. The van der Waals surface area contributed by atoms with E-state index in [2.05, 4.69) is 52.4 Å². The van der Waals surface area contributed by atoms with Gasteiger partial charge < -0.3 is 10.1 Å². The van der Waals surface area contributed by atoms with E-state index in [0.29, 0.717) is 6.61 Å². The van der Waals surface area contributed by atoms with Crippen LogP contribution in [0.2, 0.25) is 0 Å². The number of halogens is 1. The van der Waals surface area contributed by atoms with Crippen LogP contribution in [0.3, 0.4) is 0 Å². The minimum Gasteiger partial charge on any atom is -0.492 e. The molecule has 0 aliphatic carbocycles. The molecule has 0 saturated carbocycles. The maximum atomic E-state index is 5.69. The fourth-order valence-corrected chi connectivity index (χ4v) is 2.29. The molecule has 19 heavy (non-hydrogen) atoms. The Hall–Kier alpha value is -1.48. The smallest absolute Gasteiger partial charge is 0.120 e. The molecule has 1 N–H and O–H groups in total. The third-order valence-corrected chi connectivity index (χ3v) is 3.37.